The molecule has 0 unspecified atom stereocenters. The number of carbonyl (C=O) groups excluding carboxylic acids is 1. The van der Waals surface area contributed by atoms with Gasteiger partial charge in [-0.3, -0.25) is 4.79 Å². The molecule has 1 N–H and O–H groups in total. The molecule has 2 heterocycles. The lowest BCUT2D eigenvalue weighted by Gasteiger charge is -2.39. The summed E-state index contributed by atoms with van der Waals surface area (Å²) < 4.78 is 19.4. The Hall–Kier alpha value is -1.46. The smallest absolute Gasteiger partial charge is 0.222 e. The fourth-order valence-electron chi connectivity index (χ4n) is 4.53. The highest BCUT2D eigenvalue weighted by atomic mass is 19.1. The zero-order valence-electron chi connectivity index (χ0n) is 16.1. The van der Waals surface area contributed by atoms with E-state index in [9.17, 15) is 9.18 Å². The Kier molecular flexibility index (Phi) is 5.79. The topological polar surface area (TPSA) is 41.6 Å². The fourth-order valence-corrected chi connectivity index (χ4v) is 4.53. The molecule has 1 saturated carbocycles. The molecule has 2 aliphatic heterocycles. The van der Waals surface area contributed by atoms with Gasteiger partial charge in [-0.2, -0.15) is 0 Å². The highest BCUT2D eigenvalue weighted by Gasteiger charge is 2.36. The Bertz CT molecular complexity index is 655. The molecule has 1 aromatic rings. The average molecular weight is 375 g/mol. The standard InChI is InChI=1S/C22H31FN2O2/c23-19-3-1-2-18(14-19)22(9-12-27-13-10-22)16-24-20-6-7-21(26)25(11-8-20)15-17-4-5-17/h1-3,14,17,20,24H,4-13,15-16H2/t20-/m0/s1. The normalized spacial score (nSPS) is 26.0. The number of rotatable bonds is 6. The summed E-state index contributed by atoms with van der Waals surface area (Å²) >= 11 is 0. The molecule has 3 aliphatic rings. The highest BCUT2D eigenvalue weighted by Crippen LogP contribution is 2.35. The highest BCUT2D eigenvalue weighted by molar-refractivity contribution is 5.76. The van der Waals surface area contributed by atoms with E-state index >= 15 is 0 Å². The number of hydrogen-bond donors (Lipinski definition) is 1. The molecule has 1 aromatic carbocycles. The minimum Gasteiger partial charge on any atom is -0.381 e. The Morgan fingerprint density at radius 2 is 2.00 bits per heavy atom. The number of hydrogen-bond acceptors (Lipinski definition) is 3. The molecule has 148 valence electrons. The summed E-state index contributed by atoms with van der Waals surface area (Å²) in [5, 5.41) is 3.74. The molecule has 3 fully saturated rings. The Labute approximate surface area is 161 Å². The number of ether oxygens (including phenoxy) is 1. The predicted molar refractivity (Wildman–Crippen MR) is 103 cm³/mol. The van der Waals surface area contributed by atoms with Crippen molar-refractivity contribution < 1.29 is 13.9 Å². The molecule has 1 atom stereocenters. The van der Waals surface area contributed by atoms with E-state index in [0.717, 1.165) is 70.0 Å². The molecule has 27 heavy (non-hydrogen) atoms. The Morgan fingerprint density at radius 1 is 1.19 bits per heavy atom. The number of likely N-dealkylation sites (tertiary alicyclic amines) is 1. The van der Waals surface area contributed by atoms with E-state index < -0.39 is 0 Å². The first-order valence-corrected chi connectivity index (χ1v) is 10.5. The lowest BCUT2D eigenvalue weighted by Crippen LogP contribution is -2.46. The van der Waals surface area contributed by atoms with Crippen molar-refractivity contribution >= 4 is 5.91 Å². The number of nitrogens with one attached hydrogen (secondary N) is 1. The van der Waals surface area contributed by atoms with Crippen LogP contribution in [0.2, 0.25) is 0 Å². The van der Waals surface area contributed by atoms with Crippen molar-refractivity contribution in [3.8, 4) is 0 Å². The third-order valence-electron chi connectivity index (χ3n) is 6.60. The predicted octanol–water partition coefficient (Wildman–Crippen LogP) is 3.25. The number of benzene rings is 1. The van der Waals surface area contributed by atoms with Crippen LogP contribution in [0.1, 0.15) is 50.5 Å². The molecular weight excluding hydrogens is 343 g/mol. The molecule has 2 saturated heterocycles. The van der Waals surface area contributed by atoms with E-state index in [1.165, 1.54) is 18.9 Å². The van der Waals surface area contributed by atoms with Crippen LogP contribution in [0.15, 0.2) is 24.3 Å². The number of carbonyl (C=O) groups is 1. The Morgan fingerprint density at radius 3 is 2.74 bits per heavy atom. The van der Waals surface area contributed by atoms with E-state index in [4.69, 9.17) is 4.74 Å². The van der Waals surface area contributed by atoms with Crippen molar-refractivity contribution in [2.75, 3.05) is 32.8 Å². The summed E-state index contributed by atoms with van der Waals surface area (Å²) in [7, 11) is 0. The minimum atomic E-state index is -0.172. The number of halogens is 1. The number of amides is 1. The maximum Gasteiger partial charge on any atom is 0.222 e. The summed E-state index contributed by atoms with van der Waals surface area (Å²) in [5.74, 6) is 0.892. The van der Waals surface area contributed by atoms with Crippen LogP contribution >= 0.6 is 0 Å². The molecule has 5 heteroatoms. The molecule has 4 rings (SSSR count). The van der Waals surface area contributed by atoms with E-state index in [-0.39, 0.29) is 11.2 Å². The van der Waals surface area contributed by atoms with Crippen LogP contribution in [-0.4, -0.2) is 49.7 Å². The van der Waals surface area contributed by atoms with Gasteiger partial charge >= 0.3 is 0 Å². The molecule has 0 spiro atoms. The van der Waals surface area contributed by atoms with Crippen molar-refractivity contribution in [2.45, 2.75) is 56.4 Å². The van der Waals surface area contributed by atoms with Crippen LogP contribution < -0.4 is 5.32 Å². The third kappa shape index (κ3) is 4.69. The van der Waals surface area contributed by atoms with Crippen LogP contribution in [0.5, 0.6) is 0 Å². The molecule has 1 amide bonds. The minimum absolute atomic E-state index is 0.0790. The van der Waals surface area contributed by atoms with Crippen molar-refractivity contribution in [3.63, 3.8) is 0 Å². The van der Waals surface area contributed by atoms with Crippen molar-refractivity contribution in [2.24, 2.45) is 5.92 Å². The summed E-state index contributed by atoms with van der Waals surface area (Å²) in [6.07, 6.45) is 6.92. The van der Waals surface area contributed by atoms with Crippen LogP contribution in [0.4, 0.5) is 4.39 Å². The van der Waals surface area contributed by atoms with Crippen LogP contribution in [0.3, 0.4) is 0 Å². The third-order valence-corrected chi connectivity index (χ3v) is 6.60. The van der Waals surface area contributed by atoms with Gasteiger partial charge < -0.3 is 15.0 Å². The van der Waals surface area contributed by atoms with Gasteiger partial charge in [0.05, 0.1) is 0 Å². The first-order chi connectivity index (χ1) is 13.1. The van der Waals surface area contributed by atoms with Gasteiger partial charge in [-0.15, -0.1) is 0 Å². The van der Waals surface area contributed by atoms with Gasteiger partial charge in [0.1, 0.15) is 5.82 Å². The Balaban J connectivity index is 1.39. The first-order valence-electron chi connectivity index (χ1n) is 10.5. The molecule has 4 nitrogen and oxygen atoms in total. The summed E-state index contributed by atoms with van der Waals surface area (Å²) in [6, 6.07) is 7.40. The number of nitrogens with zero attached hydrogens (tertiary/aromatic N) is 1. The lowest BCUT2D eigenvalue weighted by atomic mass is 9.74. The lowest BCUT2D eigenvalue weighted by molar-refractivity contribution is -0.130. The van der Waals surface area contributed by atoms with E-state index in [1.807, 2.05) is 12.1 Å². The zero-order valence-corrected chi connectivity index (χ0v) is 16.1. The molecule has 0 aromatic heterocycles. The summed E-state index contributed by atoms with van der Waals surface area (Å²) in [6.45, 7) is 4.08. The molecule has 0 radical (unpaired) electrons. The van der Waals surface area contributed by atoms with Gasteiger partial charge in [0, 0.05) is 50.7 Å². The molecule has 1 aliphatic carbocycles. The van der Waals surface area contributed by atoms with Gasteiger partial charge in [-0.05, 0) is 62.1 Å². The summed E-state index contributed by atoms with van der Waals surface area (Å²) in [5.41, 5.74) is 0.989. The average Bonchev–Trinajstić information content (AvgIpc) is 3.52. The molecular formula is C22H31FN2O2. The van der Waals surface area contributed by atoms with Crippen LogP contribution in [0.25, 0.3) is 0 Å². The SMILES string of the molecule is O=C1CC[C@H](NCC2(c3cccc(F)c3)CCOCC2)CCN1CC1CC1. The van der Waals surface area contributed by atoms with Crippen molar-refractivity contribution in [3.05, 3.63) is 35.6 Å². The monoisotopic (exact) mass is 374 g/mol. The second-order valence-corrected chi connectivity index (χ2v) is 8.59. The van der Waals surface area contributed by atoms with Crippen LogP contribution in [-0.2, 0) is 14.9 Å². The largest absolute Gasteiger partial charge is 0.381 e. The maximum absolute atomic E-state index is 13.8. The van der Waals surface area contributed by atoms with Gasteiger partial charge in [-0.1, -0.05) is 12.1 Å². The maximum atomic E-state index is 13.8. The van der Waals surface area contributed by atoms with E-state index in [2.05, 4.69) is 10.2 Å². The van der Waals surface area contributed by atoms with Gasteiger partial charge in [0.25, 0.3) is 0 Å². The summed E-state index contributed by atoms with van der Waals surface area (Å²) in [4.78, 5) is 14.5. The second-order valence-electron chi connectivity index (χ2n) is 8.59. The van der Waals surface area contributed by atoms with E-state index in [1.54, 1.807) is 6.07 Å². The zero-order chi connectivity index (χ0) is 18.7. The quantitative estimate of drug-likeness (QED) is 0.831. The first kappa shape index (κ1) is 18.9. The van der Waals surface area contributed by atoms with Gasteiger partial charge in [-0.25, -0.2) is 4.39 Å². The molecule has 0 bridgehead atoms. The second kappa shape index (κ2) is 8.27. The van der Waals surface area contributed by atoms with Crippen molar-refractivity contribution in [1.29, 1.82) is 0 Å². The van der Waals surface area contributed by atoms with Gasteiger partial charge in [0.2, 0.25) is 5.91 Å². The van der Waals surface area contributed by atoms with Crippen LogP contribution in [0, 0.1) is 11.7 Å². The van der Waals surface area contributed by atoms with Crippen molar-refractivity contribution in [1.82, 2.24) is 10.2 Å². The fraction of sp³-hybridized carbons (Fsp3) is 0.682. The van der Waals surface area contributed by atoms with E-state index in [0.29, 0.717) is 18.4 Å². The van der Waals surface area contributed by atoms with Gasteiger partial charge in [0.15, 0.2) is 0 Å².